The second-order valence-electron chi connectivity index (χ2n) is 7.48. The molecule has 0 atom stereocenters. The number of likely N-dealkylation sites (N-methyl/N-ethyl adjacent to an activating group) is 1. The van der Waals surface area contributed by atoms with E-state index in [0.29, 0.717) is 11.3 Å². The number of nitrogens with zero attached hydrogens (tertiary/aromatic N) is 3. The Bertz CT molecular complexity index is 1290. The highest BCUT2D eigenvalue weighted by Gasteiger charge is 2.19. The lowest BCUT2D eigenvalue weighted by Gasteiger charge is -2.34. The van der Waals surface area contributed by atoms with E-state index in [4.69, 9.17) is 5.73 Å². The summed E-state index contributed by atoms with van der Waals surface area (Å²) in [5, 5.41) is 0.195. The molecule has 0 saturated carbocycles. The molecule has 2 aromatic carbocycles. The number of benzene rings is 2. The van der Waals surface area contributed by atoms with Gasteiger partial charge < -0.3 is 31.0 Å². The van der Waals surface area contributed by atoms with E-state index in [-0.39, 0.29) is 22.1 Å². The van der Waals surface area contributed by atoms with E-state index in [1.807, 2.05) is 18.2 Å². The molecule has 0 bridgehead atoms. The Kier molecular flexibility index (Phi) is 4.92. The van der Waals surface area contributed by atoms with Gasteiger partial charge in [0.05, 0.1) is 27.6 Å². The number of halogens is 1. The summed E-state index contributed by atoms with van der Waals surface area (Å²) in [6.07, 6.45) is 0. The van der Waals surface area contributed by atoms with Crippen LogP contribution in [0, 0.1) is 5.82 Å². The quantitative estimate of drug-likeness (QED) is 0.464. The molecule has 2 aromatic heterocycles. The molecule has 8 nitrogen and oxygen atoms in total. The molecule has 1 saturated heterocycles. The Morgan fingerprint density at radius 1 is 1.07 bits per heavy atom. The fourth-order valence-electron chi connectivity index (χ4n) is 3.95. The first-order chi connectivity index (χ1) is 14.0. The summed E-state index contributed by atoms with van der Waals surface area (Å²) >= 11 is 0. The van der Waals surface area contributed by atoms with E-state index >= 15 is 0 Å². The van der Waals surface area contributed by atoms with Gasteiger partial charge in [0.25, 0.3) is 5.56 Å². The number of hydrogen-bond acceptors (Lipinski definition) is 5. The maximum atomic E-state index is 14.3. The van der Waals surface area contributed by atoms with Gasteiger partial charge in [0.15, 0.2) is 0 Å². The summed E-state index contributed by atoms with van der Waals surface area (Å²) in [4.78, 5) is 27.7. The van der Waals surface area contributed by atoms with Crippen LogP contribution in [0.4, 0.5) is 15.8 Å². The summed E-state index contributed by atoms with van der Waals surface area (Å²) in [5.74, 6) is -0.148. The Morgan fingerprint density at radius 2 is 1.83 bits per heavy atom. The molecule has 0 radical (unpaired) electrons. The van der Waals surface area contributed by atoms with Crippen LogP contribution in [0.25, 0.3) is 33.3 Å². The predicted octanol–water partition coefficient (Wildman–Crippen LogP) is 1.72. The van der Waals surface area contributed by atoms with Crippen LogP contribution < -0.4 is 16.2 Å². The first kappa shape index (κ1) is 19.9. The average molecular weight is 410 g/mol. The first-order valence-electron chi connectivity index (χ1n) is 9.55. The SMILES string of the molecule is CN1CCN(c2ccc3nc(-c4c(N)c5c(F)cccc5[nH]c4=O)[nH]c3c2)CC1.O. The molecule has 156 valence electrons. The normalized spacial score (nSPS) is 14.9. The van der Waals surface area contributed by atoms with Crippen molar-refractivity contribution in [3.63, 3.8) is 0 Å². The van der Waals surface area contributed by atoms with Crippen LogP contribution in [0.15, 0.2) is 41.2 Å². The number of anilines is 2. The van der Waals surface area contributed by atoms with Gasteiger partial charge in [0.2, 0.25) is 0 Å². The minimum atomic E-state index is -0.481. The van der Waals surface area contributed by atoms with Crippen molar-refractivity contribution in [3.05, 3.63) is 52.6 Å². The van der Waals surface area contributed by atoms with E-state index in [1.165, 1.54) is 12.1 Å². The Morgan fingerprint density at radius 3 is 2.60 bits per heavy atom. The molecule has 30 heavy (non-hydrogen) atoms. The molecule has 1 aliphatic heterocycles. The smallest absolute Gasteiger partial charge is 0.261 e. The molecule has 1 aliphatic rings. The van der Waals surface area contributed by atoms with Gasteiger partial charge in [0, 0.05) is 31.9 Å². The first-order valence-corrected chi connectivity index (χ1v) is 9.55. The maximum absolute atomic E-state index is 14.3. The van der Waals surface area contributed by atoms with Gasteiger partial charge in [-0.3, -0.25) is 4.79 Å². The molecule has 9 heteroatoms. The summed E-state index contributed by atoms with van der Waals surface area (Å²) < 4.78 is 14.3. The van der Waals surface area contributed by atoms with Gasteiger partial charge in [-0.15, -0.1) is 0 Å². The number of fused-ring (bicyclic) bond motifs is 2. The molecule has 4 aromatic rings. The van der Waals surface area contributed by atoms with Crippen molar-refractivity contribution in [3.8, 4) is 11.4 Å². The number of aromatic amines is 2. The largest absolute Gasteiger partial charge is 0.412 e. The summed E-state index contributed by atoms with van der Waals surface area (Å²) in [7, 11) is 2.12. The van der Waals surface area contributed by atoms with Gasteiger partial charge in [0.1, 0.15) is 17.2 Å². The minimum absolute atomic E-state index is 0. The molecule has 0 amide bonds. The van der Waals surface area contributed by atoms with E-state index < -0.39 is 11.4 Å². The van der Waals surface area contributed by atoms with Crippen LogP contribution in [0.1, 0.15) is 0 Å². The number of nitrogen functional groups attached to an aromatic ring is 1. The third kappa shape index (κ3) is 3.17. The van der Waals surface area contributed by atoms with Gasteiger partial charge in [-0.2, -0.15) is 0 Å². The Balaban J connectivity index is 0.00000218. The van der Waals surface area contributed by atoms with Crippen molar-refractivity contribution in [1.29, 1.82) is 0 Å². The number of nitrogens with one attached hydrogen (secondary N) is 2. The summed E-state index contributed by atoms with van der Waals surface area (Å²) in [6.45, 7) is 3.95. The second-order valence-corrected chi connectivity index (χ2v) is 7.48. The number of aromatic nitrogens is 3. The maximum Gasteiger partial charge on any atom is 0.261 e. The van der Waals surface area contributed by atoms with Gasteiger partial charge in [-0.05, 0) is 37.4 Å². The number of piperazine rings is 1. The third-order valence-electron chi connectivity index (χ3n) is 5.60. The second kappa shape index (κ2) is 7.43. The molecule has 3 heterocycles. The van der Waals surface area contributed by atoms with Crippen molar-refractivity contribution in [1.82, 2.24) is 19.9 Å². The summed E-state index contributed by atoms with van der Waals surface area (Å²) in [6, 6.07) is 10.5. The lowest BCUT2D eigenvalue weighted by molar-refractivity contribution is 0.313. The zero-order valence-corrected chi connectivity index (χ0v) is 16.5. The highest BCUT2D eigenvalue weighted by molar-refractivity contribution is 5.98. The van der Waals surface area contributed by atoms with Crippen molar-refractivity contribution < 1.29 is 9.87 Å². The van der Waals surface area contributed by atoms with Crippen molar-refractivity contribution in [2.24, 2.45) is 0 Å². The third-order valence-corrected chi connectivity index (χ3v) is 5.60. The fraction of sp³-hybridized carbons (Fsp3) is 0.238. The van der Waals surface area contributed by atoms with Crippen LogP contribution in [0.3, 0.4) is 0 Å². The van der Waals surface area contributed by atoms with Crippen molar-refractivity contribution in [2.75, 3.05) is 43.9 Å². The lowest BCUT2D eigenvalue weighted by atomic mass is 10.1. The van der Waals surface area contributed by atoms with Gasteiger partial charge in [-0.25, -0.2) is 9.37 Å². The van der Waals surface area contributed by atoms with Crippen LogP contribution >= 0.6 is 0 Å². The standard InChI is InChI=1S/C21H21FN6O.H2O/c1-27-7-9-28(10-8-27)12-5-6-14-16(11-12)25-20(24-14)18-19(23)17-13(22)3-2-4-15(17)26-21(18)29;/h2-6,11H,7-10H2,1H3,(H,24,25)(H3,23,26,29);1H2. The average Bonchev–Trinajstić information content (AvgIpc) is 3.11. The van der Waals surface area contributed by atoms with Crippen LogP contribution in [0.2, 0.25) is 0 Å². The predicted molar refractivity (Wildman–Crippen MR) is 117 cm³/mol. The molecule has 0 aliphatic carbocycles. The number of hydrogen-bond donors (Lipinski definition) is 3. The molecule has 0 spiro atoms. The van der Waals surface area contributed by atoms with E-state index in [2.05, 4.69) is 31.8 Å². The van der Waals surface area contributed by atoms with Crippen molar-refractivity contribution >= 4 is 33.3 Å². The number of nitrogens with two attached hydrogens (primary N) is 1. The fourth-order valence-corrected chi connectivity index (χ4v) is 3.95. The van der Waals surface area contributed by atoms with E-state index in [1.54, 1.807) is 6.07 Å². The van der Waals surface area contributed by atoms with Gasteiger partial charge in [-0.1, -0.05) is 6.07 Å². The number of imidazole rings is 1. The van der Waals surface area contributed by atoms with Crippen LogP contribution in [-0.4, -0.2) is 58.6 Å². The number of pyridine rings is 1. The van der Waals surface area contributed by atoms with E-state index in [0.717, 1.165) is 42.9 Å². The number of rotatable bonds is 2. The molecular weight excluding hydrogens is 387 g/mol. The zero-order chi connectivity index (χ0) is 20.1. The molecule has 0 unspecified atom stereocenters. The highest BCUT2D eigenvalue weighted by atomic mass is 19.1. The Labute approximate surface area is 171 Å². The zero-order valence-electron chi connectivity index (χ0n) is 16.5. The molecule has 6 N–H and O–H groups in total. The Hall–Kier alpha value is -3.43. The van der Waals surface area contributed by atoms with Crippen LogP contribution in [0.5, 0.6) is 0 Å². The highest BCUT2D eigenvalue weighted by Crippen LogP contribution is 2.30. The molecule has 5 rings (SSSR count). The molecule has 1 fully saturated rings. The summed E-state index contributed by atoms with van der Waals surface area (Å²) in [5.41, 5.74) is 9.04. The lowest BCUT2D eigenvalue weighted by Crippen LogP contribution is -2.44. The van der Waals surface area contributed by atoms with Crippen molar-refractivity contribution in [2.45, 2.75) is 0 Å². The van der Waals surface area contributed by atoms with E-state index in [9.17, 15) is 9.18 Å². The molecular formula is C21H23FN6O2. The van der Waals surface area contributed by atoms with Gasteiger partial charge >= 0.3 is 0 Å². The topological polar surface area (TPSA) is 126 Å². The van der Waals surface area contributed by atoms with Crippen LogP contribution in [-0.2, 0) is 0 Å². The monoisotopic (exact) mass is 410 g/mol. The minimum Gasteiger partial charge on any atom is -0.412 e. The number of H-pyrrole nitrogens is 2.